The second kappa shape index (κ2) is 10.6. The molecule has 2 amide bonds. The number of anilines is 2. The Hall–Kier alpha value is -4.59. The van der Waals surface area contributed by atoms with E-state index in [0.29, 0.717) is 43.3 Å². The van der Waals surface area contributed by atoms with Crippen LogP contribution >= 0.6 is 0 Å². The van der Waals surface area contributed by atoms with E-state index in [1.165, 1.54) is 6.92 Å². The maximum absolute atomic E-state index is 12.8. The van der Waals surface area contributed by atoms with Crippen LogP contribution in [0.5, 0.6) is 5.75 Å². The Kier molecular flexibility index (Phi) is 6.89. The first-order valence-corrected chi connectivity index (χ1v) is 12.1. The van der Waals surface area contributed by atoms with Gasteiger partial charge in [-0.25, -0.2) is 0 Å². The quantitative estimate of drug-likeness (QED) is 0.407. The molecule has 0 unspecified atom stereocenters. The molecule has 0 atom stereocenters. The normalized spacial score (nSPS) is 13.4. The minimum Gasteiger partial charge on any atom is -0.495 e. The molecule has 5 rings (SSSR count). The number of para-hydroxylation sites is 1. The van der Waals surface area contributed by atoms with Crippen molar-refractivity contribution in [1.29, 1.82) is 0 Å². The van der Waals surface area contributed by atoms with Crippen molar-refractivity contribution in [2.75, 3.05) is 43.5 Å². The first-order valence-electron chi connectivity index (χ1n) is 12.1. The first-order chi connectivity index (χ1) is 18.0. The van der Waals surface area contributed by atoms with Gasteiger partial charge in [0.1, 0.15) is 5.75 Å². The van der Waals surface area contributed by atoms with Crippen LogP contribution in [0.2, 0.25) is 0 Å². The number of amides is 2. The number of hydrogen-bond donors (Lipinski definition) is 1. The van der Waals surface area contributed by atoms with E-state index in [2.05, 4.69) is 15.4 Å². The van der Waals surface area contributed by atoms with Gasteiger partial charge in [0.25, 0.3) is 5.91 Å². The van der Waals surface area contributed by atoms with Crippen LogP contribution in [0.15, 0.2) is 83.4 Å². The number of carbonyl (C=O) groups is 2. The molecule has 1 fully saturated rings. The lowest BCUT2D eigenvalue weighted by atomic mass is 10.00. The molecule has 2 heterocycles. The molecule has 0 saturated carbocycles. The summed E-state index contributed by atoms with van der Waals surface area (Å²) in [6.07, 6.45) is 0. The SMILES string of the molecule is COc1c(-c2ccc(NC(C)=O)cc2)cccc1-c1cc(N2CCN(C(=O)c3ccccc3)CC2)no1. The highest BCUT2D eigenvalue weighted by Crippen LogP contribution is 2.40. The zero-order valence-corrected chi connectivity index (χ0v) is 20.8. The Morgan fingerprint density at radius 1 is 0.892 bits per heavy atom. The third-order valence-corrected chi connectivity index (χ3v) is 6.41. The van der Waals surface area contributed by atoms with Gasteiger partial charge in [-0.2, -0.15) is 0 Å². The third-order valence-electron chi connectivity index (χ3n) is 6.41. The molecule has 1 aliphatic rings. The van der Waals surface area contributed by atoms with Crippen LogP contribution in [0.25, 0.3) is 22.5 Å². The average Bonchev–Trinajstić information content (AvgIpc) is 3.43. The average molecular weight is 497 g/mol. The number of piperazine rings is 1. The van der Waals surface area contributed by atoms with E-state index in [0.717, 1.165) is 28.2 Å². The van der Waals surface area contributed by atoms with E-state index in [9.17, 15) is 9.59 Å². The summed E-state index contributed by atoms with van der Waals surface area (Å²) in [7, 11) is 1.63. The largest absolute Gasteiger partial charge is 0.495 e. The highest BCUT2D eigenvalue weighted by atomic mass is 16.5. The Morgan fingerprint density at radius 3 is 2.27 bits per heavy atom. The van der Waals surface area contributed by atoms with Gasteiger partial charge in [0.15, 0.2) is 11.6 Å². The molecule has 0 spiro atoms. The second-order valence-corrected chi connectivity index (χ2v) is 8.84. The number of rotatable bonds is 6. The number of nitrogens with zero attached hydrogens (tertiary/aromatic N) is 3. The highest BCUT2D eigenvalue weighted by Gasteiger charge is 2.25. The minimum absolute atomic E-state index is 0.0488. The molecule has 1 aromatic heterocycles. The van der Waals surface area contributed by atoms with E-state index < -0.39 is 0 Å². The molecule has 1 N–H and O–H groups in total. The second-order valence-electron chi connectivity index (χ2n) is 8.84. The van der Waals surface area contributed by atoms with E-state index in [1.807, 2.05) is 83.8 Å². The number of hydrogen-bond acceptors (Lipinski definition) is 6. The summed E-state index contributed by atoms with van der Waals surface area (Å²) >= 11 is 0. The lowest BCUT2D eigenvalue weighted by Crippen LogP contribution is -2.48. The van der Waals surface area contributed by atoms with E-state index in [1.54, 1.807) is 7.11 Å². The molecular formula is C29H28N4O4. The summed E-state index contributed by atoms with van der Waals surface area (Å²) in [4.78, 5) is 28.1. The van der Waals surface area contributed by atoms with Crippen molar-refractivity contribution in [3.05, 3.63) is 84.4 Å². The zero-order valence-electron chi connectivity index (χ0n) is 20.8. The Balaban J connectivity index is 1.32. The maximum Gasteiger partial charge on any atom is 0.253 e. The Labute approximate surface area is 215 Å². The third kappa shape index (κ3) is 5.18. The first kappa shape index (κ1) is 24.1. The molecule has 188 valence electrons. The Morgan fingerprint density at radius 2 is 1.59 bits per heavy atom. The smallest absolute Gasteiger partial charge is 0.253 e. The lowest BCUT2D eigenvalue weighted by Gasteiger charge is -2.34. The van der Waals surface area contributed by atoms with Crippen molar-refractivity contribution in [1.82, 2.24) is 10.1 Å². The van der Waals surface area contributed by atoms with Crippen molar-refractivity contribution in [3.8, 4) is 28.2 Å². The van der Waals surface area contributed by atoms with Crippen molar-refractivity contribution in [3.63, 3.8) is 0 Å². The molecule has 4 aromatic rings. The van der Waals surface area contributed by atoms with E-state index in [4.69, 9.17) is 9.26 Å². The fraction of sp³-hybridized carbons (Fsp3) is 0.207. The molecule has 8 nitrogen and oxygen atoms in total. The van der Waals surface area contributed by atoms with Crippen molar-refractivity contribution in [2.24, 2.45) is 0 Å². The monoisotopic (exact) mass is 496 g/mol. The number of carbonyl (C=O) groups excluding carboxylic acids is 2. The van der Waals surface area contributed by atoms with Crippen LogP contribution in [0.3, 0.4) is 0 Å². The number of benzene rings is 3. The number of ether oxygens (including phenoxy) is 1. The molecule has 0 radical (unpaired) electrons. The topological polar surface area (TPSA) is 87.9 Å². The van der Waals surface area contributed by atoms with Crippen LogP contribution in [0.1, 0.15) is 17.3 Å². The summed E-state index contributed by atoms with van der Waals surface area (Å²) in [5, 5.41) is 7.09. The number of aromatic nitrogens is 1. The van der Waals surface area contributed by atoms with Crippen molar-refractivity contribution < 1.29 is 18.8 Å². The summed E-state index contributed by atoms with van der Waals surface area (Å²) in [6.45, 7) is 4.05. The predicted molar refractivity (Wildman–Crippen MR) is 143 cm³/mol. The highest BCUT2D eigenvalue weighted by molar-refractivity contribution is 5.94. The van der Waals surface area contributed by atoms with Gasteiger partial charge in [0.2, 0.25) is 5.91 Å². The number of nitrogens with one attached hydrogen (secondary N) is 1. The standard InChI is InChI=1S/C29H28N4O4/c1-20(34)30-23-13-11-21(12-14-23)24-9-6-10-25(28(24)36-2)26-19-27(31-37-26)32-15-17-33(18-16-32)29(35)22-7-4-3-5-8-22/h3-14,19H,15-18H2,1-2H3,(H,30,34). The molecule has 1 aliphatic heterocycles. The Bertz CT molecular complexity index is 1390. The molecule has 3 aromatic carbocycles. The van der Waals surface area contributed by atoms with Crippen molar-refractivity contribution >= 4 is 23.3 Å². The molecule has 8 heteroatoms. The summed E-state index contributed by atoms with van der Waals surface area (Å²) in [5.41, 5.74) is 4.09. The van der Waals surface area contributed by atoms with E-state index >= 15 is 0 Å². The molecule has 0 bridgehead atoms. The van der Waals surface area contributed by atoms with Crippen LogP contribution in [-0.2, 0) is 4.79 Å². The van der Waals surface area contributed by atoms with Gasteiger partial charge in [0.05, 0.1) is 12.7 Å². The molecule has 0 aliphatic carbocycles. The van der Waals surface area contributed by atoms with Crippen LogP contribution in [0.4, 0.5) is 11.5 Å². The van der Waals surface area contributed by atoms with Crippen LogP contribution in [0, 0.1) is 0 Å². The maximum atomic E-state index is 12.8. The van der Waals surface area contributed by atoms with Gasteiger partial charge in [-0.15, -0.1) is 0 Å². The van der Waals surface area contributed by atoms with E-state index in [-0.39, 0.29) is 11.8 Å². The summed E-state index contributed by atoms with van der Waals surface area (Å²) in [6, 6.07) is 24.7. The van der Waals surface area contributed by atoms with Gasteiger partial charge >= 0.3 is 0 Å². The zero-order chi connectivity index (χ0) is 25.8. The van der Waals surface area contributed by atoms with Gasteiger partial charge in [0, 0.05) is 56.0 Å². The van der Waals surface area contributed by atoms with Crippen molar-refractivity contribution in [2.45, 2.75) is 6.92 Å². The molecular weight excluding hydrogens is 468 g/mol. The minimum atomic E-state index is -0.113. The summed E-state index contributed by atoms with van der Waals surface area (Å²) in [5.74, 6) is 1.95. The van der Waals surface area contributed by atoms with Crippen LogP contribution < -0.4 is 15.0 Å². The molecule has 37 heavy (non-hydrogen) atoms. The molecule has 1 saturated heterocycles. The predicted octanol–water partition coefficient (Wildman–Crippen LogP) is 4.94. The summed E-state index contributed by atoms with van der Waals surface area (Å²) < 4.78 is 11.5. The van der Waals surface area contributed by atoms with Crippen LogP contribution in [-0.4, -0.2) is 55.2 Å². The van der Waals surface area contributed by atoms with Gasteiger partial charge in [-0.3, -0.25) is 9.59 Å². The fourth-order valence-corrected chi connectivity index (χ4v) is 4.56. The van der Waals surface area contributed by atoms with Gasteiger partial charge < -0.3 is 24.4 Å². The van der Waals surface area contributed by atoms with Gasteiger partial charge in [-0.1, -0.05) is 47.6 Å². The number of methoxy groups -OCH3 is 1. The van der Waals surface area contributed by atoms with Gasteiger partial charge in [-0.05, 0) is 35.9 Å². The fourth-order valence-electron chi connectivity index (χ4n) is 4.56. The lowest BCUT2D eigenvalue weighted by molar-refractivity contribution is -0.114.